The van der Waals surface area contributed by atoms with Crippen LogP contribution in [0, 0.1) is 10.4 Å². The minimum atomic E-state index is -5.56. The highest BCUT2D eigenvalue weighted by Crippen LogP contribution is 2.36. The number of aliphatic hydroxyl groups is 1. The van der Waals surface area contributed by atoms with Crippen LogP contribution in [-0.4, -0.2) is 102 Å². The molecule has 7 N–H and O–H groups in total. The van der Waals surface area contributed by atoms with E-state index in [0.717, 1.165) is 36.0 Å². The van der Waals surface area contributed by atoms with Crippen LogP contribution < -0.4 is 21.5 Å². The molecule has 21 nitrogen and oxygen atoms in total. The number of aliphatic hydroxyl groups excluding tert-OH is 1. The normalized spacial score (nSPS) is 14.1. The van der Waals surface area contributed by atoms with Crippen molar-refractivity contribution in [1.29, 1.82) is 0 Å². The molecule has 28 heteroatoms. The van der Waals surface area contributed by atoms with Crippen LogP contribution in [0.2, 0.25) is 0 Å². The number of fused-ring (bicyclic) bond motifs is 2. The SMILES string of the molecule is O=c1nc2c(S(=O)(=O)O)cc(Nc3cc(S(=O)CCSCCCS(=O)(=O)O)c(S(=O)(=O)O)cc3S(=O)(=O)O)c3c2=c(c1=C(O)c1cccc(S(=O)(=O)O)c1)c1ccccc1c3=O. The van der Waals surface area contributed by atoms with E-state index in [0.29, 0.717) is 12.1 Å². The first-order valence-corrected chi connectivity index (χ1v) is 26.7. The number of hydrogen-bond acceptors (Lipinski definition) is 17. The Morgan fingerprint density at radius 3 is 1.90 bits per heavy atom. The molecule has 0 fully saturated rings. The zero-order valence-corrected chi connectivity index (χ0v) is 36.4. The summed E-state index contributed by atoms with van der Waals surface area (Å²) in [6, 6.07) is 10.6. The van der Waals surface area contributed by atoms with Crippen molar-refractivity contribution in [2.45, 2.75) is 30.9 Å². The molecule has 1 aliphatic heterocycles. The molecule has 0 saturated carbocycles. The van der Waals surface area contributed by atoms with Gasteiger partial charge in [0.15, 0.2) is 5.43 Å². The number of thioether (sulfide) groups is 1. The lowest BCUT2D eigenvalue weighted by molar-refractivity contribution is 0.476. The minimum Gasteiger partial charge on any atom is -0.506 e. The van der Waals surface area contributed by atoms with E-state index < -0.39 is 158 Å². The summed E-state index contributed by atoms with van der Waals surface area (Å²) in [7, 11) is -28.1. The highest BCUT2D eigenvalue weighted by atomic mass is 32.2. The first-order chi connectivity index (χ1) is 28.6. The lowest BCUT2D eigenvalue weighted by Gasteiger charge is -2.18. The predicted molar refractivity (Wildman–Crippen MR) is 224 cm³/mol. The van der Waals surface area contributed by atoms with Gasteiger partial charge < -0.3 is 10.4 Å². The Kier molecular flexibility index (Phi) is 12.6. The van der Waals surface area contributed by atoms with Gasteiger partial charge >= 0.3 is 0 Å². The first kappa shape index (κ1) is 46.8. The molecule has 1 atom stereocenters. The van der Waals surface area contributed by atoms with Gasteiger partial charge in [0.25, 0.3) is 56.1 Å². The maximum Gasteiger partial charge on any atom is 0.296 e. The summed E-state index contributed by atoms with van der Waals surface area (Å²) >= 11 is 1.03. The molecule has 0 aromatic heterocycles. The Balaban J connectivity index is 1.71. The monoisotopic (exact) mass is 992 g/mol. The average molecular weight is 993 g/mol. The predicted octanol–water partition coefficient (Wildman–Crippen LogP) is 1.55. The third-order valence-electron chi connectivity index (χ3n) is 9.00. The van der Waals surface area contributed by atoms with Crippen molar-refractivity contribution in [1.82, 2.24) is 4.98 Å². The molecular formula is C34H28N2O19S7. The summed E-state index contributed by atoms with van der Waals surface area (Å²) < 4.78 is 185. The van der Waals surface area contributed by atoms with Crippen molar-refractivity contribution in [2.24, 2.45) is 0 Å². The summed E-state index contributed by atoms with van der Waals surface area (Å²) in [5, 5.41) is 11.3. The second-order valence-corrected chi connectivity index (χ2v) is 23.0. The molecule has 0 saturated heterocycles. The molecule has 0 spiro atoms. The van der Waals surface area contributed by atoms with E-state index in [4.69, 9.17) is 4.55 Å². The Morgan fingerprint density at radius 1 is 0.677 bits per heavy atom. The van der Waals surface area contributed by atoms with Crippen molar-refractivity contribution in [3.63, 3.8) is 0 Å². The molecule has 0 amide bonds. The number of nitrogens with one attached hydrogen (secondary N) is 1. The average Bonchev–Trinajstić information content (AvgIpc) is 3.15. The van der Waals surface area contributed by atoms with Crippen molar-refractivity contribution >= 4 is 112 Å². The summed E-state index contributed by atoms with van der Waals surface area (Å²) in [4.78, 5) is 26.8. The molecule has 0 radical (unpaired) electrons. The molecule has 1 unspecified atom stereocenters. The molecule has 330 valence electrons. The standard InChI is InChI=1S/C34H28N2O19S7/c37-32(17-5-3-6-18(13-17)59(44,45)46)30-27-19-7-1-2-8-20(19)33(38)28-22(15-26(62(53,54)55)31(29(27)28)36-34(30)39)35-21-14-23(25(61(50,51)52)16-24(21)60(47,48)49)57(40)11-10-56-9-4-12-58(41,42)43/h1-3,5-8,13-16,35,37H,4,9-12H2,(H,41,42,43)(H,44,45,46)(H,47,48,49)(H,50,51,52)(H,53,54,55). The Morgan fingerprint density at radius 2 is 1.31 bits per heavy atom. The molecule has 6 rings (SSSR count). The number of anilines is 2. The smallest absolute Gasteiger partial charge is 0.296 e. The van der Waals surface area contributed by atoms with E-state index in [1.165, 1.54) is 24.3 Å². The van der Waals surface area contributed by atoms with Gasteiger partial charge in [-0.1, -0.05) is 36.4 Å². The van der Waals surface area contributed by atoms with E-state index in [2.05, 4.69) is 10.3 Å². The van der Waals surface area contributed by atoms with E-state index >= 15 is 0 Å². The third-order valence-corrected chi connectivity index (χ3v) is 16.2. The summed E-state index contributed by atoms with van der Waals surface area (Å²) in [5.74, 6) is -1.95. The van der Waals surface area contributed by atoms with Crippen LogP contribution in [-0.2, 0) is 61.4 Å². The van der Waals surface area contributed by atoms with Crippen LogP contribution in [0.1, 0.15) is 12.0 Å². The lowest BCUT2D eigenvalue weighted by atomic mass is 9.96. The Bertz CT molecular complexity index is 3720. The topological polar surface area (TPSA) is 368 Å². The maximum atomic E-state index is 14.4. The van der Waals surface area contributed by atoms with E-state index in [1.807, 2.05) is 0 Å². The van der Waals surface area contributed by atoms with Crippen LogP contribution in [0.3, 0.4) is 0 Å². The van der Waals surface area contributed by atoms with Crippen LogP contribution in [0.5, 0.6) is 0 Å². The van der Waals surface area contributed by atoms with Crippen LogP contribution in [0.25, 0.3) is 27.4 Å². The molecule has 4 aromatic rings. The van der Waals surface area contributed by atoms with Gasteiger partial charge in [-0.3, -0.25) is 36.6 Å². The van der Waals surface area contributed by atoms with Gasteiger partial charge in [0.05, 0.1) is 53.8 Å². The second kappa shape index (κ2) is 16.8. The zero-order valence-electron chi connectivity index (χ0n) is 30.7. The third kappa shape index (κ3) is 9.60. The molecule has 2 aliphatic rings. The largest absolute Gasteiger partial charge is 0.506 e. The van der Waals surface area contributed by atoms with Crippen LogP contribution >= 0.6 is 11.8 Å². The van der Waals surface area contributed by atoms with Gasteiger partial charge in [-0.25, -0.2) is 4.98 Å². The quantitative estimate of drug-likeness (QED) is 0.0567. The number of aromatic nitrogens is 1. The maximum absolute atomic E-state index is 14.4. The first-order valence-electron chi connectivity index (χ1n) is 16.9. The summed E-state index contributed by atoms with van der Waals surface area (Å²) in [6.45, 7) is 0. The fraction of sp³-hybridized carbons (Fsp3) is 0.147. The molecule has 0 bridgehead atoms. The number of rotatable bonds is 15. The Hall–Kier alpha value is -4.72. The highest BCUT2D eigenvalue weighted by molar-refractivity contribution is 8.00. The number of benzene rings is 4. The molecular weight excluding hydrogens is 965 g/mol. The fourth-order valence-electron chi connectivity index (χ4n) is 6.46. The van der Waals surface area contributed by atoms with Crippen molar-refractivity contribution in [2.75, 3.05) is 28.3 Å². The van der Waals surface area contributed by atoms with E-state index in [-0.39, 0.29) is 34.8 Å². The van der Waals surface area contributed by atoms with E-state index in [1.54, 1.807) is 0 Å². The van der Waals surface area contributed by atoms with Crippen molar-refractivity contribution in [3.8, 4) is 0 Å². The molecule has 1 heterocycles. The van der Waals surface area contributed by atoms with Gasteiger partial charge in [-0.15, -0.1) is 0 Å². The van der Waals surface area contributed by atoms with Gasteiger partial charge in [-0.2, -0.15) is 53.9 Å². The van der Waals surface area contributed by atoms with Crippen molar-refractivity contribution in [3.05, 3.63) is 109 Å². The number of nitrogens with zero attached hydrogens (tertiary/aromatic N) is 1. The van der Waals surface area contributed by atoms with Crippen LogP contribution in [0.4, 0.5) is 11.4 Å². The highest BCUT2D eigenvalue weighted by Gasteiger charge is 2.30. The van der Waals surface area contributed by atoms with Gasteiger partial charge in [-0.05, 0) is 47.9 Å². The molecule has 1 aliphatic carbocycles. The van der Waals surface area contributed by atoms with Gasteiger partial charge in [0.2, 0.25) is 0 Å². The van der Waals surface area contributed by atoms with E-state index in [9.17, 15) is 79.2 Å². The van der Waals surface area contributed by atoms with Crippen LogP contribution in [0.15, 0.2) is 101 Å². The Labute approximate surface area is 356 Å². The van der Waals surface area contributed by atoms with Gasteiger partial charge in [0, 0.05) is 32.9 Å². The lowest BCUT2D eigenvalue weighted by Crippen LogP contribution is -2.33. The van der Waals surface area contributed by atoms with Gasteiger partial charge in [0.1, 0.15) is 20.4 Å². The summed E-state index contributed by atoms with van der Waals surface area (Å²) in [6.07, 6.45) is -0.0277. The number of hydrogen-bond donors (Lipinski definition) is 7. The zero-order chi connectivity index (χ0) is 45.9. The van der Waals surface area contributed by atoms with Crippen molar-refractivity contribution < 1.29 is 74.2 Å². The summed E-state index contributed by atoms with van der Waals surface area (Å²) in [5.41, 5.74) is -5.24. The molecule has 4 aromatic carbocycles. The molecule has 62 heavy (non-hydrogen) atoms. The minimum absolute atomic E-state index is 0.0277. The fourth-order valence-corrected chi connectivity index (χ4v) is 12.6. The second-order valence-electron chi connectivity index (χ2n) is 13.1.